The SMILES string of the molecule is O=C(O)c1ccc(C(F)(F)F)cc1NC(=O)C1C[C@@]2(O)[C@H]3Cc4ccc(O)c5c4[C@@]2(CCN3CC2CC2)[C@@H](O5)C1=O. The number of carbonyl (C=O) groups is 3. The number of aromatic carboxylic acids is 1. The molecule has 9 nitrogen and oxygen atoms in total. The van der Waals surface area contributed by atoms with Gasteiger partial charge in [-0.3, -0.25) is 14.5 Å². The van der Waals surface area contributed by atoms with Gasteiger partial charge in [0.25, 0.3) is 0 Å². The maximum Gasteiger partial charge on any atom is 0.416 e. The molecule has 5 aliphatic rings. The van der Waals surface area contributed by atoms with Crippen molar-refractivity contribution in [2.75, 3.05) is 18.4 Å². The summed E-state index contributed by atoms with van der Waals surface area (Å²) in [4.78, 5) is 41.5. The molecule has 4 N–H and O–H groups in total. The topological polar surface area (TPSA) is 136 Å². The van der Waals surface area contributed by atoms with Gasteiger partial charge in [-0.15, -0.1) is 0 Å². The molecule has 1 amide bonds. The zero-order valence-electron chi connectivity index (χ0n) is 21.7. The van der Waals surface area contributed by atoms with Crippen molar-refractivity contribution in [3.63, 3.8) is 0 Å². The number of nitrogens with one attached hydrogen (secondary N) is 1. The van der Waals surface area contributed by atoms with Crippen molar-refractivity contribution < 1.29 is 47.6 Å². The summed E-state index contributed by atoms with van der Waals surface area (Å²) in [6.45, 7) is 1.35. The van der Waals surface area contributed by atoms with Crippen LogP contribution in [0, 0.1) is 11.8 Å². The van der Waals surface area contributed by atoms with Crippen molar-refractivity contribution in [3.8, 4) is 11.5 Å². The molecule has 2 saturated carbocycles. The highest BCUT2D eigenvalue weighted by Gasteiger charge is 2.75. The fraction of sp³-hybridized carbons (Fsp3) is 0.483. The molecule has 12 heteroatoms. The first-order chi connectivity index (χ1) is 19.3. The third-order valence-electron chi connectivity index (χ3n) is 9.78. The van der Waals surface area contributed by atoms with Gasteiger partial charge in [0.15, 0.2) is 23.4 Å². The molecule has 3 fully saturated rings. The number of carboxylic acid groups (broad SMARTS) is 1. The van der Waals surface area contributed by atoms with Crippen molar-refractivity contribution in [2.45, 2.75) is 61.4 Å². The van der Waals surface area contributed by atoms with Gasteiger partial charge in [-0.05, 0) is 74.4 Å². The van der Waals surface area contributed by atoms with Crippen molar-refractivity contribution in [1.82, 2.24) is 4.90 Å². The van der Waals surface area contributed by atoms with Crippen LogP contribution in [0.5, 0.6) is 11.5 Å². The lowest BCUT2D eigenvalue weighted by Crippen LogP contribution is -2.78. The van der Waals surface area contributed by atoms with Gasteiger partial charge in [0.2, 0.25) is 5.91 Å². The second-order valence-electron chi connectivity index (χ2n) is 12.0. The smallest absolute Gasteiger partial charge is 0.416 e. The van der Waals surface area contributed by atoms with E-state index >= 15 is 0 Å². The first-order valence-electron chi connectivity index (χ1n) is 13.6. The lowest BCUT2D eigenvalue weighted by atomic mass is 9.47. The predicted octanol–water partition coefficient (Wildman–Crippen LogP) is 3.11. The number of piperidine rings is 1. The maximum absolute atomic E-state index is 14.0. The number of hydrogen-bond acceptors (Lipinski definition) is 7. The van der Waals surface area contributed by atoms with Gasteiger partial charge in [-0.2, -0.15) is 13.2 Å². The van der Waals surface area contributed by atoms with Crippen LogP contribution in [-0.4, -0.2) is 68.7 Å². The average Bonchev–Trinajstić information content (AvgIpc) is 3.64. The summed E-state index contributed by atoms with van der Waals surface area (Å²) in [7, 11) is 0. The molecule has 1 unspecified atom stereocenters. The number of alkyl halides is 3. The summed E-state index contributed by atoms with van der Waals surface area (Å²) in [6, 6.07) is 4.67. The van der Waals surface area contributed by atoms with Gasteiger partial charge in [-0.1, -0.05) is 6.07 Å². The highest BCUT2D eigenvalue weighted by molar-refractivity contribution is 6.12. The largest absolute Gasteiger partial charge is 0.504 e. The molecule has 5 atom stereocenters. The fourth-order valence-corrected chi connectivity index (χ4v) is 7.75. The van der Waals surface area contributed by atoms with Gasteiger partial charge < -0.3 is 25.4 Å². The normalized spacial score (nSPS) is 31.8. The molecule has 216 valence electrons. The number of phenolic OH excluding ortho intramolecular Hbond substituents is 1. The Bertz CT molecular complexity index is 1520. The van der Waals surface area contributed by atoms with E-state index in [2.05, 4.69) is 10.2 Å². The minimum absolute atomic E-state index is 0.112. The quantitative estimate of drug-likeness (QED) is 0.402. The standard InChI is InChI=1S/C29H27F3N2O7/c30-29(31,32)15-4-5-16(26(38)39)18(10-15)33-25(37)17-11-28(40)20-9-14-3-6-19(35)23-21(14)27(28,24(41-23)22(17)36)7-8-34(20)12-13-1-2-13/h3-6,10,13,17,20,24,35,40H,1-2,7-9,11-12H2,(H,33,37)(H,38,39)/t17?,20-,24+,27+,28-/m1/s1. The summed E-state index contributed by atoms with van der Waals surface area (Å²) in [5.41, 5.74) is -3.72. The Balaban J connectivity index is 1.29. The van der Waals surface area contributed by atoms with E-state index in [1.165, 1.54) is 6.07 Å². The van der Waals surface area contributed by atoms with Crippen LogP contribution in [0.25, 0.3) is 0 Å². The number of benzene rings is 2. The number of phenols is 1. The van der Waals surface area contributed by atoms with Crippen LogP contribution in [0.1, 0.15) is 52.7 Å². The van der Waals surface area contributed by atoms with Gasteiger partial charge >= 0.3 is 12.1 Å². The Labute approximate surface area is 231 Å². The number of Topliss-reactive ketones (excluding diaryl/α,β-unsaturated/α-hetero) is 1. The molecule has 7 rings (SSSR count). The summed E-state index contributed by atoms with van der Waals surface area (Å²) in [5, 5.41) is 35.0. The van der Waals surface area contributed by atoms with Crippen LogP contribution in [-0.2, 0) is 27.6 Å². The van der Waals surface area contributed by atoms with Crippen molar-refractivity contribution >= 4 is 23.3 Å². The fourth-order valence-electron chi connectivity index (χ4n) is 7.75. The van der Waals surface area contributed by atoms with E-state index in [1.54, 1.807) is 6.07 Å². The number of amides is 1. The van der Waals surface area contributed by atoms with E-state index in [4.69, 9.17) is 4.74 Å². The van der Waals surface area contributed by atoms with Gasteiger partial charge in [0.05, 0.1) is 27.8 Å². The van der Waals surface area contributed by atoms with E-state index in [9.17, 15) is 42.9 Å². The number of ketones is 1. The lowest BCUT2D eigenvalue weighted by molar-refractivity contribution is -0.197. The van der Waals surface area contributed by atoms with Gasteiger partial charge in [0.1, 0.15) is 5.92 Å². The molecule has 3 aliphatic carbocycles. The van der Waals surface area contributed by atoms with Crippen LogP contribution >= 0.6 is 0 Å². The number of aliphatic hydroxyl groups is 1. The number of carbonyl (C=O) groups excluding carboxylic acids is 2. The summed E-state index contributed by atoms with van der Waals surface area (Å²) >= 11 is 0. The predicted molar refractivity (Wildman–Crippen MR) is 136 cm³/mol. The molecule has 0 aromatic heterocycles. The Morgan fingerprint density at radius 2 is 1.93 bits per heavy atom. The summed E-state index contributed by atoms with van der Waals surface area (Å²) < 4.78 is 46.2. The van der Waals surface area contributed by atoms with Crippen molar-refractivity contribution in [3.05, 3.63) is 52.6 Å². The van der Waals surface area contributed by atoms with Gasteiger partial charge in [-0.25, -0.2) is 4.79 Å². The van der Waals surface area contributed by atoms with E-state index in [0.29, 0.717) is 43.0 Å². The number of nitrogens with zero attached hydrogens (tertiary/aromatic N) is 1. The molecule has 2 aliphatic heterocycles. The third-order valence-corrected chi connectivity index (χ3v) is 9.78. The Morgan fingerprint density at radius 1 is 1.17 bits per heavy atom. The first-order valence-corrected chi connectivity index (χ1v) is 13.6. The maximum atomic E-state index is 14.0. The van der Waals surface area contributed by atoms with E-state index in [0.717, 1.165) is 31.0 Å². The average molecular weight is 573 g/mol. The molecular weight excluding hydrogens is 545 g/mol. The first kappa shape index (κ1) is 26.3. The molecule has 41 heavy (non-hydrogen) atoms. The highest BCUT2D eigenvalue weighted by Crippen LogP contribution is 2.65. The number of hydrogen-bond donors (Lipinski definition) is 4. The van der Waals surface area contributed by atoms with Gasteiger partial charge in [0, 0.05) is 18.2 Å². The van der Waals surface area contributed by atoms with Crippen LogP contribution < -0.4 is 10.1 Å². The number of likely N-dealkylation sites (tertiary alicyclic amines) is 1. The molecule has 2 aromatic carbocycles. The highest BCUT2D eigenvalue weighted by atomic mass is 19.4. The Morgan fingerprint density at radius 3 is 2.61 bits per heavy atom. The molecule has 1 saturated heterocycles. The minimum atomic E-state index is -4.80. The number of aromatic hydroxyl groups is 1. The third kappa shape index (κ3) is 3.59. The minimum Gasteiger partial charge on any atom is -0.504 e. The molecule has 2 aromatic rings. The molecule has 2 heterocycles. The zero-order chi connectivity index (χ0) is 29.1. The number of rotatable bonds is 5. The molecular formula is C29H27F3N2O7. The van der Waals surface area contributed by atoms with E-state index < -0.39 is 69.7 Å². The van der Waals surface area contributed by atoms with Crippen LogP contribution in [0.15, 0.2) is 30.3 Å². The van der Waals surface area contributed by atoms with E-state index in [-0.39, 0.29) is 17.9 Å². The number of carboxylic acids is 1. The monoisotopic (exact) mass is 572 g/mol. The van der Waals surface area contributed by atoms with Crippen LogP contribution in [0.3, 0.4) is 0 Å². The summed E-state index contributed by atoms with van der Waals surface area (Å²) in [5.74, 6) is -4.36. The van der Waals surface area contributed by atoms with Crippen LogP contribution in [0.2, 0.25) is 0 Å². The number of halogens is 3. The van der Waals surface area contributed by atoms with Crippen LogP contribution in [0.4, 0.5) is 18.9 Å². The van der Waals surface area contributed by atoms with Crippen molar-refractivity contribution in [1.29, 1.82) is 0 Å². The van der Waals surface area contributed by atoms with Crippen molar-refractivity contribution in [2.24, 2.45) is 11.8 Å². The Kier molecular flexibility index (Phi) is 5.41. The zero-order valence-corrected chi connectivity index (χ0v) is 21.7. The van der Waals surface area contributed by atoms with E-state index in [1.807, 2.05) is 0 Å². The Hall–Kier alpha value is -3.64. The molecule has 2 bridgehead atoms. The molecule has 1 spiro atoms. The lowest BCUT2D eigenvalue weighted by Gasteiger charge is -2.63. The second-order valence-corrected chi connectivity index (χ2v) is 12.0. The molecule has 0 radical (unpaired) electrons. The number of ether oxygens (including phenoxy) is 1. The second kappa shape index (κ2) is 8.45. The summed E-state index contributed by atoms with van der Waals surface area (Å²) in [6.07, 6.45) is -3.49. The number of anilines is 1.